The normalized spacial score (nSPS) is 24.6. The molecule has 0 unspecified atom stereocenters. The zero-order valence-corrected chi connectivity index (χ0v) is 16.3. The average Bonchev–Trinajstić information content (AvgIpc) is 2.80. The summed E-state index contributed by atoms with van der Waals surface area (Å²) in [6.45, 7) is 8.33. The van der Waals surface area contributed by atoms with Crippen LogP contribution in [0.2, 0.25) is 0 Å². The van der Waals surface area contributed by atoms with E-state index < -0.39 is 5.60 Å². The number of hydrogen-bond acceptors (Lipinski definition) is 6. The fourth-order valence-electron chi connectivity index (χ4n) is 3.98. The molecule has 2 saturated heterocycles. The van der Waals surface area contributed by atoms with E-state index in [4.69, 9.17) is 4.74 Å². The number of morpholine rings is 1. The van der Waals surface area contributed by atoms with Crippen LogP contribution in [-0.2, 0) is 16.0 Å². The van der Waals surface area contributed by atoms with Crippen LogP contribution < -0.4 is 5.56 Å². The van der Waals surface area contributed by atoms with Crippen molar-refractivity contribution in [2.45, 2.75) is 45.1 Å². The summed E-state index contributed by atoms with van der Waals surface area (Å²) >= 11 is 0. The van der Waals surface area contributed by atoms with Gasteiger partial charge in [-0.05, 0) is 33.1 Å². The first-order chi connectivity index (χ1) is 12.9. The number of nitrogens with one attached hydrogen (secondary N) is 1. The van der Waals surface area contributed by atoms with E-state index in [0.29, 0.717) is 62.8 Å². The minimum absolute atomic E-state index is 0.0519. The average molecular weight is 378 g/mol. The summed E-state index contributed by atoms with van der Waals surface area (Å²) in [7, 11) is 0. The Morgan fingerprint density at radius 3 is 2.67 bits per heavy atom. The van der Waals surface area contributed by atoms with Crippen molar-refractivity contribution in [3.63, 3.8) is 0 Å². The highest BCUT2D eigenvalue weighted by Crippen LogP contribution is 2.24. The number of carbonyl (C=O) groups is 1. The van der Waals surface area contributed by atoms with E-state index in [1.807, 2.05) is 0 Å². The van der Waals surface area contributed by atoms with Gasteiger partial charge in [-0.2, -0.15) is 0 Å². The third-order valence-electron chi connectivity index (χ3n) is 5.56. The molecule has 8 nitrogen and oxygen atoms in total. The van der Waals surface area contributed by atoms with Crippen LogP contribution in [0, 0.1) is 13.8 Å². The van der Waals surface area contributed by atoms with E-state index in [9.17, 15) is 14.7 Å². The van der Waals surface area contributed by atoms with Crippen molar-refractivity contribution < 1.29 is 14.6 Å². The number of ether oxygens (including phenoxy) is 1. The van der Waals surface area contributed by atoms with Gasteiger partial charge in [-0.15, -0.1) is 0 Å². The number of nitrogens with zero attached hydrogens (tertiary/aromatic N) is 3. The minimum Gasteiger partial charge on any atom is -0.388 e. The molecule has 1 aromatic heterocycles. The Labute approximate surface area is 159 Å². The lowest BCUT2D eigenvalue weighted by Gasteiger charge is -2.35. The molecule has 0 saturated carbocycles. The fraction of sp³-hybridized carbons (Fsp3) is 0.737. The molecule has 2 fully saturated rings. The first kappa shape index (κ1) is 20.0. The maximum absolute atomic E-state index is 12.7. The molecular weight excluding hydrogens is 348 g/mol. The third-order valence-corrected chi connectivity index (χ3v) is 5.56. The number of rotatable bonds is 4. The summed E-state index contributed by atoms with van der Waals surface area (Å²) in [5, 5.41) is 11.0. The molecule has 0 spiro atoms. The highest BCUT2D eigenvalue weighted by atomic mass is 16.5. The molecule has 150 valence electrons. The Morgan fingerprint density at radius 2 is 1.96 bits per heavy atom. The van der Waals surface area contributed by atoms with Crippen LogP contribution in [0.3, 0.4) is 0 Å². The van der Waals surface area contributed by atoms with Crippen LogP contribution in [0.4, 0.5) is 0 Å². The van der Waals surface area contributed by atoms with Crippen LogP contribution >= 0.6 is 0 Å². The van der Waals surface area contributed by atoms with Crippen molar-refractivity contribution in [1.82, 2.24) is 19.8 Å². The zero-order chi connectivity index (χ0) is 19.4. The Kier molecular flexibility index (Phi) is 6.29. The molecule has 0 aliphatic carbocycles. The van der Waals surface area contributed by atoms with Crippen LogP contribution in [0.15, 0.2) is 4.79 Å². The molecule has 1 atom stereocenters. The molecule has 1 amide bonds. The molecule has 2 N–H and O–H groups in total. The Bertz CT molecular complexity index is 729. The molecule has 2 aliphatic heterocycles. The van der Waals surface area contributed by atoms with Gasteiger partial charge in [0.2, 0.25) is 5.91 Å². The van der Waals surface area contributed by atoms with Crippen molar-refractivity contribution in [2.75, 3.05) is 45.9 Å². The number of amides is 1. The molecule has 0 aromatic carbocycles. The monoisotopic (exact) mass is 378 g/mol. The summed E-state index contributed by atoms with van der Waals surface area (Å²) in [6.07, 6.45) is 2.04. The zero-order valence-electron chi connectivity index (χ0n) is 16.3. The van der Waals surface area contributed by atoms with Gasteiger partial charge < -0.3 is 19.7 Å². The molecule has 0 bridgehead atoms. The van der Waals surface area contributed by atoms with E-state index in [-0.39, 0.29) is 17.9 Å². The number of β-amino-alcohol motifs (C(OH)–C–C–N with tert-alkyl or cyclic N) is 1. The van der Waals surface area contributed by atoms with Crippen LogP contribution in [0.25, 0.3) is 0 Å². The Hall–Kier alpha value is -1.77. The van der Waals surface area contributed by atoms with Crippen LogP contribution in [-0.4, -0.2) is 82.3 Å². The van der Waals surface area contributed by atoms with Gasteiger partial charge in [0.15, 0.2) is 0 Å². The second-order valence-electron chi connectivity index (χ2n) is 7.74. The van der Waals surface area contributed by atoms with Gasteiger partial charge in [0.1, 0.15) is 5.82 Å². The van der Waals surface area contributed by atoms with Crippen LogP contribution in [0.5, 0.6) is 0 Å². The van der Waals surface area contributed by atoms with Gasteiger partial charge in [0.25, 0.3) is 5.56 Å². The highest BCUT2D eigenvalue weighted by Gasteiger charge is 2.33. The summed E-state index contributed by atoms with van der Waals surface area (Å²) in [5.74, 6) is 0.474. The molecule has 2 aliphatic rings. The van der Waals surface area contributed by atoms with Crippen molar-refractivity contribution in [3.05, 3.63) is 27.4 Å². The molecule has 3 rings (SSSR count). The smallest absolute Gasteiger partial charge is 0.254 e. The number of H-pyrrole nitrogens is 1. The number of aromatic amines is 1. The number of likely N-dealkylation sites (tertiary alicyclic amines) is 1. The standard InChI is InChI=1S/C19H30N4O4/c1-14-16(18(25)21-15(2)20-14)12-17(24)23-6-3-4-19(26,5-7-23)13-22-8-10-27-11-9-22/h26H,3-13H2,1-2H3,(H,20,21,25)/t19-/m1/s1. The second kappa shape index (κ2) is 8.50. The van der Waals surface area contributed by atoms with Gasteiger partial charge in [-0.1, -0.05) is 0 Å². The summed E-state index contributed by atoms with van der Waals surface area (Å²) in [5.41, 5.74) is 0.0132. The van der Waals surface area contributed by atoms with Gasteiger partial charge in [-0.3, -0.25) is 14.5 Å². The van der Waals surface area contributed by atoms with E-state index in [0.717, 1.165) is 19.5 Å². The maximum atomic E-state index is 12.7. The first-order valence-electron chi connectivity index (χ1n) is 9.73. The highest BCUT2D eigenvalue weighted by molar-refractivity contribution is 5.79. The van der Waals surface area contributed by atoms with Crippen molar-refractivity contribution >= 4 is 5.91 Å². The quantitative estimate of drug-likeness (QED) is 0.766. The van der Waals surface area contributed by atoms with E-state index in [1.54, 1.807) is 18.7 Å². The van der Waals surface area contributed by atoms with Crippen LogP contribution in [0.1, 0.15) is 36.3 Å². The molecule has 0 radical (unpaired) electrons. The predicted molar refractivity (Wildman–Crippen MR) is 101 cm³/mol. The van der Waals surface area contributed by atoms with E-state index in [1.165, 1.54) is 0 Å². The molecule has 3 heterocycles. The number of aryl methyl sites for hydroxylation is 2. The molecule has 8 heteroatoms. The number of aliphatic hydroxyl groups is 1. The SMILES string of the molecule is Cc1nc(C)c(CC(=O)N2CCC[C@](O)(CN3CCOCC3)CC2)c(=O)[nH]1. The molecular formula is C19H30N4O4. The fourth-order valence-corrected chi connectivity index (χ4v) is 3.98. The molecule has 1 aromatic rings. The van der Waals surface area contributed by atoms with Crippen molar-refractivity contribution in [3.8, 4) is 0 Å². The van der Waals surface area contributed by atoms with Gasteiger partial charge >= 0.3 is 0 Å². The van der Waals surface area contributed by atoms with Crippen molar-refractivity contribution in [1.29, 1.82) is 0 Å². The lowest BCUT2D eigenvalue weighted by atomic mass is 9.94. The largest absolute Gasteiger partial charge is 0.388 e. The summed E-state index contributed by atoms with van der Waals surface area (Å²) < 4.78 is 5.37. The van der Waals surface area contributed by atoms with Gasteiger partial charge in [0, 0.05) is 44.0 Å². The lowest BCUT2D eigenvalue weighted by Crippen LogP contribution is -2.48. The Balaban J connectivity index is 1.60. The van der Waals surface area contributed by atoms with E-state index >= 15 is 0 Å². The third kappa shape index (κ3) is 5.15. The number of aromatic nitrogens is 2. The van der Waals surface area contributed by atoms with E-state index in [2.05, 4.69) is 14.9 Å². The number of carbonyl (C=O) groups excluding carboxylic acids is 1. The Morgan fingerprint density at radius 1 is 1.22 bits per heavy atom. The topological polar surface area (TPSA) is 98.8 Å². The van der Waals surface area contributed by atoms with Gasteiger partial charge in [0.05, 0.1) is 25.2 Å². The van der Waals surface area contributed by atoms with Crippen molar-refractivity contribution in [2.24, 2.45) is 0 Å². The number of hydrogen-bond donors (Lipinski definition) is 2. The maximum Gasteiger partial charge on any atom is 0.254 e. The first-order valence-corrected chi connectivity index (χ1v) is 9.73. The van der Waals surface area contributed by atoms with Gasteiger partial charge in [-0.25, -0.2) is 4.98 Å². The summed E-state index contributed by atoms with van der Waals surface area (Å²) in [4.78, 5) is 35.8. The molecule has 27 heavy (non-hydrogen) atoms. The predicted octanol–water partition coefficient (Wildman–Crippen LogP) is 0.00504. The summed E-state index contributed by atoms with van der Waals surface area (Å²) in [6, 6.07) is 0. The second-order valence-corrected chi connectivity index (χ2v) is 7.74. The lowest BCUT2D eigenvalue weighted by molar-refractivity contribution is -0.130. The minimum atomic E-state index is -0.773.